The number of allylic oxidation sites excluding steroid dienone is 5. The van der Waals surface area contributed by atoms with Gasteiger partial charge in [-0.05, 0) is 53.9 Å². The van der Waals surface area contributed by atoms with Crippen LogP contribution in [0.15, 0.2) is 97.6 Å². The first-order chi connectivity index (χ1) is 14.1. The second-order valence-electron chi connectivity index (χ2n) is 6.91. The Morgan fingerprint density at radius 2 is 1.62 bits per heavy atom. The fourth-order valence-corrected chi connectivity index (χ4v) is 3.72. The number of rotatable bonds is 5. The molecule has 0 atom stereocenters. The molecule has 0 bridgehead atoms. The number of aromatic nitrogens is 1. The third kappa shape index (κ3) is 3.44. The van der Waals surface area contributed by atoms with Crippen molar-refractivity contribution in [3.63, 3.8) is 0 Å². The van der Waals surface area contributed by atoms with E-state index in [1.807, 2.05) is 61.6 Å². The maximum absolute atomic E-state index is 9.68. The first kappa shape index (κ1) is 19.0. The average molecular weight is 379 g/mol. The van der Waals surface area contributed by atoms with Crippen LogP contribution < -0.4 is 5.46 Å². The summed E-state index contributed by atoms with van der Waals surface area (Å²) in [5, 5.41) is 21.4. The number of hydrogen-bond donors (Lipinski definition) is 2. The summed E-state index contributed by atoms with van der Waals surface area (Å²) in [7, 11) is -1.50. The molecule has 4 aromatic rings. The van der Waals surface area contributed by atoms with Gasteiger partial charge in [0.05, 0.1) is 11.0 Å². The van der Waals surface area contributed by atoms with Crippen LogP contribution in [0.3, 0.4) is 0 Å². The molecule has 0 radical (unpaired) electrons. The number of fused-ring (bicyclic) bond motifs is 3. The molecular weight excluding hydrogens is 357 g/mol. The second-order valence-corrected chi connectivity index (χ2v) is 6.91. The highest BCUT2D eigenvalue weighted by Crippen LogP contribution is 2.33. The van der Waals surface area contributed by atoms with E-state index in [9.17, 15) is 10.0 Å². The summed E-state index contributed by atoms with van der Waals surface area (Å²) < 4.78 is 2.20. The molecule has 0 aliphatic carbocycles. The normalized spacial score (nSPS) is 12.2. The third-order valence-electron chi connectivity index (χ3n) is 5.12. The summed E-state index contributed by atoms with van der Waals surface area (Å²) in [4.78, 5) is 0. The first-order valence-corrected chi connectivity index (χ1v) is 9.59. The molecule has 142 valence electrons. The lowest BCUT2D eigenvalue weighted by Gasteiger charge is -2.08. The van der Waals surface area contributed by atoms with E-state index in [0.29, 0.717) is 5.46 Å². The van der Waals surface area contributed by atoms with E-state index >= 15 is 0 Å². The number of hydrogen-bond acceptors (Lipinski definition) is 2. The zero-order valence-corrected chi connectivity index (χ0v) is 16.3. The average Bonchev–Trinajstić information content (AvgIpc) is 3.08. The predicted molar refractivity (Wildman–Crippen MR) is 124 cm³/mol. The quantitative estimate of drug-likeness (QED) is 0.393. The highest BCUT2D eigenvalue weighted by molar-refractivity contribution is 6.59. The molecule has 3 nitrogen and oxygen atoms in total. The molecule has 2 N–H and O–H groups in total. The van der Waals surface area contributed by atoms with Crippen molar-refractivity contribution in [3.05, 3.63) is 103 Å². The SMILES string of the molecule is C=C/C(=C\C=C/C)c1ccc2c(c1)c1cc(B(O)O)ccc1n2-c1ccccc1. The van der Waals surface area contributed by atoms with Crippen LogP contribution in [0.5, 0.6) is 0 Å². The Bertz CT molecular complexity index is 1250. The van der Waals surface area contributed by atoms with Crippen molar-refractivity contribution in [2.45, 2.75) is 6.92 Å². The van der Waals surface area contributed by atoms with Gasteiger partial charge in [-0.25, -0.2) is 0 Å². The van der Waals surface area contributed by atoms with Crippen LogP contribution in [0.2, 0.25) is 0 Å². The van der Waals surface area contributed by atoms with E-state index in [1.165, 1.54) is 0 Å². The lowest BCUT2D eigenvalue weighted by atomic mass is 9.80. The Morgan fingerprint density at radius 3 is 2.28 bits per heavy atom. The Balaban J connectivity index is 2.06. The van der Waals surface area contributed by atoms with E-state index < -0.39 is 7.12 Å². The minimum Gasteiger partial charge on any atom is -0.423 e. The van der Waals surface area contributed by atoms with E-state index in [-0.39, 0.29) is 0 Å². The molecule has 0 fully saturated rings. The first-order valence-electron chi connectivity index (χ1n) is 9.59. The van der Waals surface area contributed by atoms with E-state index in [4.69, 9.17) is 0 Å². The van der Waals surface area contributed by atoms with Crippen molar-refractivity contribution in [1.82, 2.24) is 4.57 Å². The van der Waals surface area contributed by atoms with Gasteiger partial charge in [0, 0.05) is 16.5 Å². The summed E-state index contributed by atoms with van der Waals surface area (Å²) >= 11 is 0. The van der Waals surface area contributed by atoms with E-state index in [0.717, 1.165) is 38.6 Å². The van der Waals surface area contributed by atoms with Crippen LogP contribution in [-0.4, -0.2) is 21.7 Å². The Hall–Kier alpha value is -3.34. The van der Waals surface area contributed by atoms with Gasteiger partial charge in [-0.2, -0.15) is 0 Å². The molecule has 0 unspecified atom stereocenters. The summed E-state index contributed by atoms with van der Waals surface area (Å²) in [5.41, 5.74) is 5.71. The van der Waals surface area contributed by atoms with Crippen LogP contribution in [0.25, 0.3) is 33.1 Å². The molecule has 0 spiro atoms. The largest absolute Gasteiger partial charge is 0.488 e. The van der Waals surface area contributed by atoms with Gasteiger partial charge in [-0.15, -0.1) is 0 Å². The number of benzene rings is 3. The van der Waals surface area contributed by atoms with Crippen molar-refractivity contribution in [1.29, 1.82) is 0 Å². The fourth-order valence-electron chi connectivity index (χ4n) is 3.72. The zero-order chi connectivity index (χ0) is 20.4. The van der Waals surface area contributed by atoms with Crippen molar-refractivity contribution in [2.75, 3.05) is 0 Å². The predicted octanol–water partition coefficient (Wildman–Crippen LogP) is 4.61. The van der Waals surface area contributed by atoms with Crippen LogP contribution in [0.4, 0.5) is 0 Å². The molecule has 0 aliphatic heterocycles. The van der Waals surface area contributed by atoms with E-state index in [2.05, 4.69) is 41.5 Å². The van der Waals surface area contributed by atoms with Crippen LogP contribution in [-0.2, 0) is 0 Å². The molecular formula is C25H22BNO2. The number of para-hydroxylation sites is 1. The zero-order valence-electron chi connectivity index (χ0n) is 16.3. The lowest BCUT2D eigenvalue weighted by Crippen LogP contribution is -2.29. The Labute approximate surface area is 170 Å². The van der Waals surface area contributed by atoms with Crippen molar-refractivity contribution >= 4 is 40.0 Å². The standard InChI is InChI=1S/C25H22BNO2/c1-3-5-9-18(4-2)19-12-14-24-22(16-19)23-17-20(26(28)29)13-15-25(23)27(24)21-10-7-6-8-11-21/h3-17,28-29H,2H2,1H3/b5-3-,18-9+. The topological polar surface area (TPSA) is 45.4 Å². The van der Waals surface area contributed by atoms with Crippen LogP contribution in [0, 0.1) is 0 Å². The molecule has 0 saturated heterocycles. The minimum atomic E-state index is -1.50. The third-order valence-corrected chi connectivity index (χ3v) is 5.12. The molecule has 4 heteroatoms. The lowest BCUT2D eigenvalue weighted by molar-refractivity contribution is 0.426. The molecule has 0 saturated carbocycles. The summed E-state index contributed by atoms with van der Waals surface area (Å²) in [6.45, 7) is 5.93. The molecule has 4 rings (SSSR count). The molecule has 0 aliphatic rings. The van der Waals surface area contributed by atoms with Gasteiger partial charge in [0.15, 0.2) is 0 Å². The van der Waals surface area contributed by atoms with Crippen LogP contribution >= 0.6 is 0 Å². The second kappa shape index (κ2) is 7.96. The van der Waals surface area contributed by atoms with Gasteiger partial charge in [-0.3, -0.25) is 0 Å². The van der Waals surface area contributed by atoms with Gasteiger partial charge >= 0.3 is 7.12 Å². The summed E-state index contributed by atoms with van der Waals surface area (Å²) in [6, 6.07) is 22.1. The van der Waals surface area contributed by atoms with E-state index in [1.54, 1.807) is 6.07 Å². The minimum absolute atomic E-state index is 0.475. The van der Waals surface area contributed by atoms with Crippen LogP contribution in [0.1, 0.15) is 12.5 Å². The summed E-state index contributed by atoms with van der Waals surface area (Å²) in [5.74, 6) is 0. The highest BCUT2D eigenvalue weighted by Gasteiger charge is 2.17. The van der Waals surface area contributed by atoms with Gasteiger partial charge in [0.25, 0.3) is 0 Å². The maximum atomic E-state index is 9.68. The Morgan fingerprint density at radius 1 is 0.931 bits per heavy atom. The van der Waals surface area contributed by atoms with Gasteiger partial charge in [0.2, 0.25) is 0 Å². The van der Waals surface area contributed by atoms with Gasteiger partial charge in [0.1, 0.15) is 0 Å². The molecule has 0 amide bonds. The number of nitrogens with zero attached hydrogens (tertiary/aromatic N) is 1. The molecule has 1 aromatic heterocycles. The summed E-state index contributed by atoms with van der Waals surface area (Å²) in [6.07, 6.45) is 7.86. The van der Waals surface area contributed by atoms with Gasteiger partial charge < -0.3 is 14.6 Å². The monoisotopic (exact) mass is 379 g/mol. The molecule has 29 heavy (non-hydrogen) atoms. The fraction of sp³-hybridized carbons (Fsp3) is 0.0400. The Kier molecular flexibility index (Phi) is 5.21. The van der Waals surface area contributed by atoms with Crippen molar-refractivity contribution in [3.8, 4) is 5.69 Å². The van der Waals surface area contributed by atoms with Crippen molar-refractivity contribution in [2.24, 2.45) is 0 Å². The van der Waals surface area contributed by atoms with Gasteiger partial charge in [-0.1, -0.05) is 67.3 Å². The van der Waals surface area contributed by atoms with Crippen molar-refractivity contribution < 1.29 is 10.0 Å². The highest BCUT2D eigenvalue weighted by atomic mass is 16.4. The maximum Gasteiger partial charge on any atom is 0.488 e. The smallest absolute Gasteiger partial charge is 0.423 e. The molecule has 1 heterocycles. The molecule has 3 aromatic carbocycles.